The Morgan fingerprint density at radius 2 is 2.11 bits per heavy atom. The molecule has 1 N–H and O–H groups in total. The Morgan fingerprint density at radius 3 is 2.58 bits per heavy atom. The summed E-state index contributed by atoms with van der Waals surface area (Å²) in [5.74, 6) is -0.575. The van der Waals surface area contributed by atoms with Crippen LogP contribution >= 0.6 is 0 Å². The summed E-state index contributed by atoms with van der Waals surface area (Å²) in [6, 6.07) is 0. The first-order valence-electron chi connectivity index (χ1n) is 6.23. The molecule has 0 radical (unpaired) electrons. The molecule has 0 spiro atoms. The van der Waals surface area contributed by atoms with E-state index in [1.807, 2.05) is 6.92 Å². The van der Waals surface area contributed by atoms with Crippen molar-refractivity contribution in [3.8, 4) is 0 Å². The average molecular weight is 264 g/mol. The van der Waals surface area contributed by atoms with Gasteiger partial charge < -0.3 is 9.84 Å². The summed E-state index contributed by atoms with van der Waals surface area (Å²) in [5.41, 5.74) is -0.745. The molecule has 1 aromatic rings. The van der Waals surface area contributed by atoms with Crippen LogP contribution in [0.2, 0.25) is 0 Å². The molecule has 1 saturated heterocycles. The highest BCUT2D eigenvalue weighted by molar-refractivity contribution is 5.98. The molecule has 0 bridgehead atoms. The monoisotopic (exact) mass is 264 g/mol. The second-order valence-electron chi connectivity index (χ2n) is 4.73. The molecule has 19 heavy (non-hydrogen) atoms. The van der Waals surface area contributed by atoms with E-state index in [1.165, 1.54) is 12.4 Å². The Morgan fingerprint density at radius 1 is 1.42 bits per heavy atom. The van der Waals surface area contributed by atoms with Crippen LogP contribution in [-0.2, 0) is 16.0 Å². The second-order valence-corrected chi connectivity index (χ2v) is 4.73. The Hall–Kier alpha value is -1.82. The van der Waals surface area contributed by atoms with Crippen LogP contribution in [0.5, 0.6) is 0 Å². The quantitative estimate of drug-likeness (QED) is 0.801. The fourth-order valence-electron chi connectivity index (χ4n) is 2.08. The van der Waals surface area contributed by atoms with E-state index in [1.54, 1.807) is 0 Å². The molecule has 0 unspecified atom stereocenters. The van der Waals surface area contributed by atoms with E-state index in [2.05, 4.69) is 9.97 Å². The summed E-state index contributed by atoms with van der Waals surface area (Å²) in [7, 11) is 0. The summed E-state index contributed by atoms with van der Waals surface area (Å²) in [6.07, 6.45) is 3.90. The zero-order valence-corrected chi connectivity index (χ0v) is 10.8. The molecule has 1 aromatic heterocycles. The zero-order chi connectivity index (χ0) is 13.9. The van der Waals surface area contributed by atoms with E-state index < -0.39 is 11.4 Å². The van der Waals surface area contributed by atoms with Gasteiger partial charge >= 0.3 is 5.97 Å². The first kappa shape index (κ1) is 13.6. The number of ether oxygens (including phenoxy) is 1. The molecule has 1 aliphatic rings. The molecule has 102 valence electrons. The maximum Gasteiger partial charge on any atom is 0.312 e. The van der Waals surface area contributed by atoms with Crippen LogP contribution in [-0.4, -0.2) is 40.0 Å². The molecule has 6 nitrogen and oxygen atoms in total. The Balaban J connectivity index is 2.13. The number of hydrogen-bond acceptors (Lipinski definition) is 5. The minimum atomic E-state index is -1.10. The third kappa shape index (κ3) is 2.78. The number of carboxylic acids is 1. The van der Waals surface area contributed by atoms with Crippen LogP contribution in [0.25, 0.3) is 0 Å². The van der Waals surface area contributed by atoms with Crippen molar-refractivity contribution in [1.82, 2.24) is 9.97 Å². The topological polar surface area (TPSA) is 89.4 Å². The maximum absolute atomic E-state index is 12.1. The van der Waals surface area contributed by atoms with Crippen molar-refractivity contribution in [2.75, 3.05) is 13.2 Å². The van der Waals surface area contributed by atoms with Gasteiger partial charge in [-0.2, -0.15) is 0 Å². The standard InChI is InChI=1S/C13H16N2O4/c1-2-11-14-6-9(7-15-11)10(16)5-13(12(17)18)3-4-19-8-13/h6-7H,2-5,8H2,1H3,(H,17,18)/t13-/m0/s1. The third-order valence-electron chi connectivity index (χ3n) is 3.40. The lowest BCUT2D eigenvalue weighted by Gasteiger charge is -2.20. The predicted molar refractivity (Wildman–Crippen MR) is 65.9 cm³/mol. The van der Waals surface area contributed by atoms with Crippen LogP contribution in [0.15, 0.2) is 12.4 Å². The molecular weight excluding hydrogens is 248 g/mol. The number of Topliss-reactive ketones (excluding diaryl/α,β-unsaturated/α-hetero) is 1. The van der Waals surface area contributed by atoms with Crippen LogP contribution in [0, 0.1) is 5.41 Å². The molecule has 1 aliphatic heterocycles. The second kappa shape index (κ2) is 5.44. The molecule has 6 heteroatoms. The summed E-state index contributed by atoms with van der Waals surface area (Å²) in [6.45, 7) is 2.39. The van der Waals surface area contributed by atoms with Gasteiger partial charge in [0.1, 0.15) is 11.2 Å². The molecule has 2 heterocycles. The van der Waals surface area contributed by atoms with E-state index in [0.717, 1.165) is 0 Å². The number of hydrogen-bond donors (Lipinski definition) is 1. The molecule has 1 atom stereocenters. The minimum Gasteiger partial charge on any atom is -0.481 e. The largest absolute Gasteiger partial charge is 0.481 e. The van der Waals surface area contributed by atoms with Crippen molar-refractivity contribution in [3.05, 3.63) is 23.8 Å². The molecule has 0 amide bonds. The lowest BCUT2D eigenvalue weighted by atomic mass is 9.81. The molecule has 2 rings (SSSR count). The van der Waals surface area contributed by atoms with Crippen molar-refractivity contribution < 1.29 is 19.4 Å². The summed E-state index contributed by atoms with van der Waals surface area (Å²) < 4.78 is 5.13. The van der Waals surface area contributed by atoms with Gasteiger partial charge in [0.25, 0.3) is 0 Å². The van der Waals surface area contributed by atoms with E-state index in [9.17, 15) is 14.7 Å². The lowest BCUT2D eigenvalue weighted by Crippen LogP contribution is -2.34. The average Bonchev–Trinajstić information content (AvgIpc) is 2.88. The van der Waals surface area contributed by atoms with Crippen molar-refractivity contribution >= 4 is 11.8 Å². The van der Waals surface area contributed by atoms with Crippen LogP contribution in [0.1, 0.15) is 35.9 Å². The Labute approximate surface area is 110 Å². The van der Waals surface area contributed by atoms with Gasteiger partial charge in [-0.05, 0) is 6.42 Å². The molecule has 0 aliphatic carbocycles. The normalized spacial score (nSPS) is 22.4. The van der Waals surface area contributed by atoms with Gasteiger partial charge in [-0.25, -0.2) is 9.97 Å². The number of aliphatic carboxylic acids is 1. The van der Waals surface area contributed by atoms with Crippen molar-refractivity contribution in [3.63, 3.8) is 0 Å². The number of carbonyl (C=O) groups excluding carboxylic acids is 1. The first-order valence-corrected chi connectivity index (χ1v) is 6.23. The third-order valence-corrected chi connectivity index (χ3v) is 3.40. The van der Waals surface area contributed by atoms with Gasteiger partial charge in [-0.1, -0.05) is 6.92 Å². The number of ketones is 1. The van der Waals surface area contributed by atoms with Gasteiger partial charge in [0.15, 0.2) is 5.78 Å². The van der Waals surface area contributed by atoms with Crippen molar-refractivity contribution in [1.29, 1.82) is 0 Å². The summed E-state index contributed by atoms with van der Waals surface area (Å²) in [5, 5.41) is 9.28. The van der Waals surface area contributed by atoms with Gasteiger partial charge in [0.2, 0.25) is 0 Å². The highest BCUT2D eigenvalue weighted by Gasteiger charge is 2.44. The van der Waals surface area contributed by atoms with Crippen molar-refractivity contribution in [2.45, 2.75) is 26.2 Å². The predicted octanol–water partition coefficient (Wildman–Crippen LogP) is 1.10. The lowest BCUT2D eigenvalue weighted by molar-refractivity contribution is -0.148. The minimum absolute atomic E-state index is 0.0723. The highest BCUT2D eigenvalue weighted by Crippen LogP contribution is 2.33. The van der Waals surface area contributed by atoms with Gasteiger partial charge in [0, 0.05) is 31.8 Å². The number of rotatable bonds is 5. The van der Waals surface area contributed by atoms with Gasteiger partial charge in [-0.15, -0.1) is 0 Å². The van der Waals surface area contributed by atoms with E-state index in [4.69, 9.17) is 4.74 Å². The summed E-state index contributed by atoms with van der Waals surface area (Å²) in [4.78, 5) is 31.5. The Kier molecular flexibility index (Phi) is 3.90. The Bertz CT molecular complexity index is 478. The van der Waals surface area contributed by atoms with Crippen molar-refractivity contribution in [2.24, 2.45) is 5.41 Å². The fourth-order valence-corrected chi connectivity index (χ4v) is 2.08. The van der Waals surface area contributed by atoms with E-state index in [-0.39, 0.29) is 18.8 Å². The summed E-state index contributed by atoms with van der Waals surface area (Å²) >= 11 is 0. The SMILES string of the molecule is CCc1ncc(C(=O)C[C@@]2(C(=O)O)CCOC2)cn1. The number of aromatic nitrogens is 2. The number of carbonyl (C=O) groups is 2. The smallest absolute Gasteiger partial charge is 0.312 e. The van der Waals surface area contributed by atoms with Gasteiger partial charge in [-0.3, -0.25) is 9.59 Å². The fraction of sp³-hybridized carbons (Fsp3) is 0.538. The molecule has 0 aromatic carbocycles. The highest BCUT2D eigenvalue weighted by atomic mass is 16.5. The van der Waals surface area contributed by atoms with Crippen LogP contribution in [0.3, 0.4) is 0 Å². The van der Waals surface area contributed by atoms with E-state index in [0.29, 0.717) is 30.8 Å². The van der Waals surface area contributed by atoms with Gasteiger partial charge in [0.05, 0.1) is 12.2 Å². The zero-order valence-electron chi connectivity index (χ0n) is 10.8. The first-order chi connectivity index (χ1) is 9.07. The van der Waals surface area contributed by atoms with Crippen LogP contribution < -0.4 is 0 Å². The number of aryl methyl sites for hydroxylation is 1. The molecule has 1 fully saturated rings. The van der Waals surface area contributed by atoms with Crippen LogP contribution in [0.4, 0.5) is 0 Å². The molecular formula is C13H16N2O4. The molecule has 0 saturated carbocycles. The maximum atomic E-state index is 12.1. The van der Waals surface area contributed by atoms with E-state index >= 15 is 0 Å². The number of carboxylic acid groups (broad SMARTS) is 1. The number of nitrogens with zero attached hydrogens (tertiary/aromatic N) is 2.